The van der Waals surface area contributed by atoms with E-state index in [0.717, 1.165) is 5.56 Å². The van der Waals surface area contributed by atoms with Crippen molar-refractivity contribution in [2.75, 3.05) is 18.9 Å². The van der Waals surface area contributed by atoms with Gasteiger partial charge in [0.1, 0.15) is 5.76 Å². The summed E-state index contributed by atoms with van der Waals surface area (Å²) in [6.07, 6.45) is 3.71. The lowest BCUT2D eigenvalue weighted by molar-refractivity contribution is -0.117. The zero-order valence-electron chi connectivity index (χ0n) is 11.3. The molecule has 2 aromatic rings. The molecule has 102 valence electrons. The van der Waals surface area contributed by atoms with Crippen molar-refractivity contribution in [3.05, 3.63) is 29.8 Å². The number of aryl methyl sites for hydroxylation is 2. The Labute approximate surface area is 111 Å². The van der Waals surface area contributed by atoms with Gasteiger partial charge in [0.05, 0.1) is 12.7 Å². The van der Waals surface area contributed by atoms with Gasteiger partial charge < -0.3 is 9.84 Å². The van der Waals surface area contributed by atoms with Gasteiger partial charge in [-0.1, -0.05) is 5.16 Å². The lowest BCUT2D eigenvalue weighted by Gasteiger charge is -2.14. The van der Waals surface area contributed by atoms with Gasteiger partial charge in [-0.15, -0.1) is 0 Å². The lowest BCUT2D eigenvalue weighted by atomic mass is 10.3. The number of rotatable bonds is 5. The largest absolute Gasteiger partial charge is 0.360 e. The number of nitrogens with one attached hydrogen (secondary N) is 1. The molecule has 2 heterocycles. The van der Waals surface area contributed by atoms with E-state index in [-0.39, 0.29) is 12.5 Å². The van der Waals surface area contributed by atoms with Crippen LogP contribution in [0.4, 0.5) is 5.82 Å². The molecule has 7 nitrogen and oxygen atoms in total. The van der Waals surface area contributed by atoms with Crippen molar-refractivity contribution in [3.63, 3.8) is 0 Å². The van der Waals surface area contributed by atoms with Crippen molar-refractivity contribution in [2.45, 2.75) is 13.5 Å². The molecule has 0 radical (unpaired) electrons. The standard InChI is InChI=1S/C12H17N5O2/c1-9-4-11(15-19-9)14-12(18)8-16(2)6-10-5-13-17(3)7-10/h4-5,7H,6,8H2,1-3H3,(H,14,15,18). The summed E-state index contributed by atoms with van der Waals surface area (Å²) in [5.74, 6) is 0.982. The fourth-order valence-corrected chi connectivity index (χ4v) is 1.77. The number of carbonyl (C=O) groups is 1. The van der Waals surface area contributed by atoms with Crippen LogP contribution >= 0.6 is 0 Å². The van der Waals surface area contributed by atoms with Crippen LogP contribution in [0.5, 0.6) is 0 Å². The smallest absolute Gasteiger partial charge is 0.239 e. The molecule has 19 heavy (non-hydrogen) atoms. The van der Waals surface area contributed by atoms with Crippen LogP contribution in [0.1, 0.15) is 11.3 Å². The number of amides is 1. The summed E-state index contributed by atoms with van der Waals surface area (Å²) in [6, 6.07) is 1.68. The summed E-state index contributed by atoms with van der Waals surface area (Å²) >= 11 is 0. The average molecular weight is 263 g/mol. The van der Waals surface area contributed by atoms with Crippen LogP contribution in [0, 0.1) is 6.92 Å². The molecule has 1 amide bonds. The van der Waals surface area contributed by atoms with Crippen LogP contribution in [0.25, 0.3) is 0 Å². The van der Waals surface area contributed by atoms with E-state index in [0.29, 0.717) is 18.1 Å². The molecular weight excluding hydrogens is 246 g/mol. The van der Waals surface area contributed by atoms with Gasteiger partial charge in [-0.2, -0.15) is 5.10 Å². The third-order valence-electron chi connectivity index (χ3n) is 2.52. The van der Waals surface area contributed by atoms with E-state index in [2.05, 4.69) is 15.6 Å². The molecule has 0 saturated carbocycles. The van der Waals surface area contributed by atoms with Gasteiger partial charge in [-0.25, -0.2) is 0 Å². The molecule has 1 N–H and O–H groups in total. The number of hydrogen-bond donors (Lipinski definition) is 1. The molecule has 0 fully saturated rings. The summed E-state index contributed by atoms with van der Waals surface area (Å²) in [7, 11) is 3.74. The van der Waals surface area contributed by atoms with E-state index in [1.54, 1.807) is 23.9 Å². The first-order valence-electron chi connectivity index (χ1n) is 5.92. The topological polar surface area (TPSA) is 76.2 Å². The molecule has 0 bridgehead atoms. The highest BCUT2D eigenvalue weighted by atomic mass is 16.5. The Hall–Kier alpha value is -2.15. The van der Waals surface area contributed by atoms with Gasteiger partial charge >= 0.3 is 0 Å². The van der Waals surface area contributed by atoms with E-state index in [1.165, 1.54) is 0 Å². The molecule has 0 atom stereocenters. The van der Waals surface area contributed by atoms with Crippen LogP contribution in [-0.4, -0.2) is 39.3 Å². The second kappa shape index (κ2) is 5.66. The molecule has 0 saturated heterocycles. The van der Waals surface area contributed by atoms with Crippen molar-refractivity contribution in [2.24, 2.45) is 7.05 Å². The Kier molecular flexibility index (Phi) is 3.96. The fourth-order valence-electron chi connectivity index (χ4n) is 1.77. The van der Waals surface area contributed by atoms with Gasteiger partial charge in [0, 0.05) is 31.4 Å². The number of aromatic nitrogens is 3. The van der Waals surface area contributed by atoms with E-state index in [4.69, 9.17) is 4.52 Å². The monoisotopic (exact) mass is 263 g/mol. The van der Waals surface area contributed by atoms with E-state index < -0.39 is 0 Å². The minimum atomic E-state index is -0.125. The minimum absolute atomic E-state index is 0.125. The van der Waals surface area contributed by atoms with E-state index in [9.17, 15) is 4.79 Å². The Morgan fingerprint density at radius 2 is 2.37 bits per heavy atom. The predicted octanol–water partition coefficient (Wildman–Crippen LogP) is 0.787. The van der Waals surface area contributed by atoms with Crippen molar-refractivity contribution in [3.8, 4) is 0 Å². The quantitative estimate of drug-likeness (QED) is 0.863. The lowest BCUT2D eigenvalue weighted by Crippen LogP contribution is -2.29. The highest BCUT2D eigenvalue weighted by Crippen LogP contribution is 2.07. The normalized spacial score (nSPS) is 10.9. The van der Waals surface area contributed by atoms with Crippen molar-refractivity contribution < 1.29 is 9.32 Å². The van der Waals surface area contributed by atoms with Gasteiger partial charge in [0.2, 0.25) is 5.91 Å². The molecular formula is C12H17N5O2. The molecule has 0 aliphatic carbocycles. The van der Waals surface area contributed by atoms with Gasteiger partial charge in [0.15, 0.2) is 5.82 Å². The molecule has 0 aromatic carbocycles. The Balaban J connectivity index is 1.81. The molecule has 2 aromatic heterocycles. The summed E-state index contributed by atoms with van der Waals surface area (Å²) < 4.78 is 6.62. The maximum Gasteiger partial charge on any atom is 0.239 e. The summed E-state index contributed by atoms with van der Waals surface area (Å²) in [5, 5.41) is 10.5. The number of nitrogens with zero attached hydrogens (tertiary/aromatic N) is 4. The summed E-state index contributed by atoms with van der Waals surface area (Å²) in [4.78, 5) is 13.7. The predicted molar refractivity (Wildman–Crippen MR) is 69.4 cm³/mol. The molecule has 0 spiro atoms. The second-order valence-corrected chi connectivity index (χ2v) is 4.57. The SMILES string of the molecule is Cc1cc(NC(=O)CN(C)Cc2cnn(C)c2)no1. The number of anilines is 1. The Morgan fingerprint density at radius 1 is 1.58 bits per heavy atom. The maximum absolute atomic E-state index is 11.8. The molecule has 0 aliphatic rings. The minimum Gasteiger partial charge on any atom is -0.360 e. The zero-order valence-corrected chi connectivity index (χ0v) is 11.3. The highest BCUT2D eigenvalue weighted by molar-refractivity contribution is 5.91. The van der Waals surface area contributed by atoms with Crippen LogP contribution < -0.4 is 5.32 Å². The van der Waals surface area contributed by atoms with Crippen LogP contribution in [-0.2, 0) is 18.4 Å². The van der Waals surface area contributed by atoms with Crippen molar-refractivity contribution in [1.82, 2.24) is 19.8 Å². The molecule has 7 heteroatoms. The summed E-state index contributed by atoms with van der Waals surface area (Å²) in [5.41, 5.74) is 1.06. The van der Waals surface area contributed by atoms with Crippen molar-refractivity contribution in [1.29, 1.82) is 0 Å². The number of carbonyl (C=O) groups excluding carboxylic acids is 1. The van der Waals surface area contributed by atoms with Gasteiger partial charge in [-0.05, 0) is 14.0 Å². The van der Waals surface area contributed by atoms with Crippen LogP contribution in [0.2, 0.25) is 0 Å². The highest BCUT2D eigenvalue weighted by Gasteiger charge is 2.10. The first kappa shape index (κ1) is 13.3. The first-order chi connectivity index (χ1) is 9.02. The third-order valence-corrected chi connectivity index (χ3v) is 2.52. The third kappa shape index (κ3) is 3.92. The zero-order chi connectivity index (χ0) is 13.8. The molecule has 0 unspecified atom stereocenters. The van der Waals surface area contributed by atoms with Gasteiger partial charge in [-0.3, -0.25) is 14.4 Å². The fraction of sp³-hybridized carbons (Fsp3) is 0.417. The van der Waals surface area contributed by atoms with Crippen LogP contribution in [0.15, 0.2) is 23.0 Å². The van der Waals surface area contributed by atoms with E-state index >= 15 is 0 Å². The second-order valence-electron chi connectivity index (χ2n) is 4.57. The van der Waals surface area contributed by atoms with Gasteiger partial charge in [0.25, 0.3) is 0 Å². The van der Waals surface area contributed by atoms with Crippen molar-refractivity contribution >= 4 is 11.7 Å². The first-order valence-corrected chi connectivity index (χ1v) is 5.92. The Morgan fingerprint density at radius 3 is 2.95 bits per heavy atom. The molecule has 2 rings (SSSR count). The number of likely N-dealkylation sites (N-methyl/N-ethyl adjacent to an activating group) is 1. The van der Waals surface area contributed by atoms with Crippen LogP contribution in [0.3, 0.4) is 0 Å². The Bertz CT molecular complexity index is 560. The van der Waals surface area contributed by atoms with E-state index in [1.807, 2.05) is 25.2 Å². The summed E-state index contributed by atoms with van der Waals surface area (Å²) in [6.45, 7) is 2.72. The maximum atomic E-state index is 11.8. The average Bonchev–Trinajstić information content (AvgIpc) is 2.87. The molecule has 0 aliphatic heterocycles. The number of hydrogen-bond acceptors (Lipinski definition) is 5.